The third-order valence-electron chi connectivity index (χ3n) is 5.85. The summed E-state index contributed by atoms with van der Waals surface area (Å²) < 4.78 is 20.6. The zero-order chi connectivity index (χ0) is 19.1. The molecule has 0 saturated carbocycles. The molecule has 26 heavy (non-hydrogen) atoms. The van der Waals surface area contributed by atoms with Crippen LogP contribution in [-0.4, -0.2) is 46.8 Å². The summed E-state index contributed by atoms with van der Waals surface area (Å²) in [7, 11) is 0. The monoisotopic (exact) mass is 363 g/mol. The number of nitrogens with zero attached hydrogens (tertiary/aromatic N) is 1. The Morgan fingerprint density at radius 3 is 2.54 bits per heavy atom. The van der Waals surface area contributed by atoms with Gasteiger partial charge in [-0.25, -0.2) is 4.39 Å². The minimum Gasteiger partial charge on any atom is -0.393 e. The van der Waals surface area contributed by atoms with Gasteiger partial charge in [0, 0.05) is 25.9 Å². The van der Waals surface area contributed by atoms with E-state index in [0.29, 0.717) is 44.3 Å². The number of aliphatic hydroxyl groups excluding tert-OH is 1. The van der Waals surface area contributed by atoms with Crippen molar-refractivity contribution in [1.29, 1.82) is 0 Å². The fourth-order valence-corrected chi connectivity index (χ4v) is 4.19. The Balaban J connectivity index is 1.71. The van der Waals surface area contributed by atoms with Crippen LogP contribution in [0, 0.1) is 18.2 Å². The van der Waals surface area contributed by atoms with E-state index in [9.17, 15) is 14.3 Å². The number of carbonyl (C=O) groups is 1. The van der Waals surface area contributed by atoms with Crippen LogP contribution in [0.15, 0.2) is 18.2 Å². The van der Waals surface area contributed by atoms with Crippen molar-refractivity contribution in [3.8, 4) is 0 Å². The predicted octanol–water partition coefficient (Wildman–Crippen LogP) is 3.69. The minimum absolute atomic E-state index is 0.00214. The number of amides is 1. The van der Waals surface area contributed by atoms with Gasteiger partial charge >= 0.3 is 0 Å². The van der Waals surface area contributed by atoms with Gasteiger partial charge in [-0.3, -0.25) is 4.79 Å². The SMILES string of the molecule is Cc1cccc(F)c1C(=O)N1CCC2(CC1)C[C@H](O)C[C@H](C(C)(C)C)O2. The average Bonchev–Trinajstić information content (AvgIpc) is 2.53. The molecule has 2 saturated heterocycles. The number of hydrogen-bond acceptors (Lipinski definition) is 3. The molecule has 2 atom stereocenters. The van der Waals surface area contributed by atoms with Crippen LogP contribution in [0.3, 0.4) is 0 Å². The van der Waals surface area contributed by atoms with Crippen LogP contribution < -0.4 is 0 Å². The minimum atomic E-state index is -0.465. The number of aryl methyl sites for hydroxylation is 1. The normalized spacial score (nSPS) is 26.2. The van der Waals surface area contributed by atoms with E-state index in [0.717, 1.165) is 0 Å². The van der Waals surface area contributed by atoms with Crippen molar-refractivity contribution in [2.45, 2.75) is 71.2 Å². The van der Waals surface area contributed by atoms with E-state index < -0.39 is 5.82 Å². The first kappa shape index (κ1) is 19.3. The van der Waals surface area contributed by atoms with Crippen LogP contribution in [0.4, 0.5) is 4.39 Å². The molecule has 1 spiro atoms. The summed E-state index contributed by atoms with van der Waals surface area (Å²) in [5.41, 5.74) is 0.413. The summed E-state index contributed by atoms with van der Waals surface area (Å²) in [4.78, 5) is 14.5. The van der Waals surface area contributed by atoms with Gasteiger partial charge in [-0.05, 0) is 36.8 Å². The van der Waals surface area contributed by atoms with E-state index in [2.05, 4.69) is 20.8 Å². The second-order valence-corrected chi connectivity index (χ2v) is 8.97. The van der Waals surface area contributed by atoms with E-state index in [-0.39, 0.29) is 34.7 Å². The molecule has 2 aliphatic heterocycles. The van der Waals surface area contributed by atoms with Gasteiger partial charge in [0.2, 0.25) is 0 Å². The highest BCUT2D eigenvalue weighted by Crippen LogP contribution is 2.42. The molecule has 2 aliphatic rings. The van der Waals surface area contributed by atoms with E-state index in [4.69, 9.17) is 4.74 Å². The molecule has 1 N–H and O–H groups in total. The van der Waals surface area contributed by atoms with Crippen LogP contribution >= 0.6 is 0 Å². The van der Waals surface area contributed by atoms with Crippen LogP contribution in [0.25, 0.3) is 0 Å². The average molecular weight is 363 g/mol. The van der Waals surface area contributed by atoms with Gasteiger partial charge in [-0.2, -0.15) is 0 Å². The second kappa shape index (κ2) is 6.93. The van der Waals surface area contributed by atoms with Gasteiger partial charge in [-0.15, -0.1) is 0 Å². The molecule has 0 aliphatic carbocycles. The number of carbonyl (C=O) groups excluding carboxylic acids is 1. The first-order valence-electron chi connectivity index (χ1n) is 9.52. The Morgan fingerprint density at radius 2 is 1.96 bits per heavy atom. The van der Waals surface area contributed by atoms with E-state index >= 15 is 0 Å². The highest BCUT2D eigenvalue weighted by atomic mass is 19.1. The maximum Gasteiger partial charge on any atom is 0.257 e. The molecule has 3 rings (SSSR count). The van der Waals surface area contributed by atoms with Crippen molar-refractivity contribution in [2.75, 3.05) is 13.1 Å². The summed E-state index contributed by atoms with van der Waals surface area (Å²) in [5, 5.41) is 10.4. The number of halogens is 1. The summed E-state index contributed by atoms with van der Waals surface area (Å²) in [6, 6.07) is 4.72. The second-order valence-electron chi connectivity index (χ2n) is 8.97. The maximum absolute atomic E-state index is 14.1. The summed E-state index contributed by atoms with van der Waals surface area (Å²) >= 11 is 0. The maximum atomic E-state index is 14.1. The van der Waals surface area contributed by atoms with Gasteiger partial charge in [-0.1, -0.05) is 32.9 Å². The Morgan fingerprint density at radius 1 is 1.31 bits per heavy atom. The van der Waals surface area contributed by atoms with Crippen molar-refractivity contribution in [1.82, 2.24) is 4.90 Å². The molecule has 2 heterocycles. The Labute approximate surface area is 155 Å². The molecule has 1 aromatic carbocycles. The highest BCUT2D eigenvalue weighted by molar-refractivity contribution is 5.96. The molecule has 2 fully saturated rings. The van der Waals surface area contributed by atoms with Crippen molar-refractivity contribution in [2.24, 2.45) is 5.41 Å². The van der Waals surface area contributed by atoms with Crippen LogP contribution in [-0.2, 0) is 4.74 Å². The van der Waals surface area contributed by atoms with Gasteiger partial charge in [0.1, 0.15) is 5.82 Å². The summed E-state index contributed by atoms with van der Waals surface area (Å²) in [6.45, 7) is 9.19. The lowest BCUT2D eigenvalue weighted by Crippen LogP contribution is -2.55. The molecular formula is C21H30FNO3. The van der Waals surface area contributed by atoms with Crippen molar-refractivity contribution in [3.05, 3.63) is 35.1 Å². The molecular weight excluding hydrogens is 333 g/mol. The molecule has 144 valence electrons. The van der Waals surface area contributed by atoms with Crippen LogP contribution in [0.1, 0.15) is 62.4 Å². The highest BCUT2D eigenvalue weighted by Gasteiger charge is 2.46. The smallest absolute Gasteiger partial charge is 0.257 e. The number of aliphatic hydroxyl groups is 1. The summed E-state index contributed by atoms with van der Waals surface area (Å²) in [5.74, 6) is -0.716. The third-order valence-corrected chi connectivity index (χ3v) is 5.85. The molecule has 0 unspecified atom stereocenters. The molecule has 4 nitrogen and oxygen atoms in total. The van der Waals surface area contributed by atoms with Gasteiger partial charge in [0.25, 0.3) is 5.91 Å². The molecule has 1 aromatic rings. The van der Waals surface area contributed by atoms with Gasteiger partial charge in [0.15, 0.2) is 0 Å². The van der Waals surface area contributed by atoms with E-state index in [1.165, 1.54) is 6.07 Å². The number of benzene rings is 1. The van der Waals surface area contributed by atoms with E-state index in [1.807, 2.05) is 0 Å². The molecule has 1 amide bonds. The quantitative estimate of drug-likeness (QED) is 0.828. The number of ether oxygens (including phenoxy) is 1. The van der Waals surface area contributed by atoms with Gasteiger partial charge in [0.05, 0.1) is 23.4 Å². The largest absolute Gasteiger partial charge is 0.393 e. The Bertz CT molecular complexity index is 654. The van der Waals surface area contributed by atoms with Crippen molar-refractivity contribution in [3.63, 3.8) is 0 Å². The zero-order valence-electron chi connectivity index (χ0n) is 16.2. The lowest BCUT2D eigenvalue weighted by molar-refractivity contribution is -0.205. The van der Waals surface area contributed by atoms with Crippen molar-refractivity contribution >= 4 is 5.91 Å². The molecule has 0 radical (unpaired) electrons. The summed E-state index contributed by atoms with van der Waals surface area (Å²) in [6.07, 6.45) is 2.25. The number of piperidine rings is 1. The molecule has 0 bridgehead atoms. The van der Waals surface area contributed by atoms with Gasteiger partial charge < -0.3 is 14.7 Å². The fraction of sp³-hybridized carbons (Fsp3) is 0.667. The number of likely N-dealkylation sites (tertiary alicyclic amines) is 1. The number of hydrogen-bond donors (Lipinski definition) is 1. The number of rotatable bonds is 1. The fourth-order valence-electron chi connectivity index (χ4n) is 4.19. The van der Waals surface area contributed by atoms with Crippen LogP contribution in [0.5, 0.6) is 0 Å². The Hall–Kier alpha value is -1.46. The zero-order valence-corrected chi connectivity index (χ0v) is 16.2. The molecule has 5 heteroatoms. The molecule has 0 aromatic heterocycles. The lowest BCUT2D eigenvalue weighted by atomic mass is 9.76. The lowest BCUT2D eigenvalue weighted by Gasteiger charge is -2.50. The first-order chi connectivity index (χ1) is 12.1. The van der Waals surface area contributed by atoms with Crippen LogP contribution in [0.2, 0.25) is 0 Å². The topological polar surface area (TPSA) is 49.8 Å². The predicted molar refractivity (Wildman–Crippen MR) is 98.6 cm³/mol. The van der Waals surface area contributed by atoms with Crippen molar-refractivity contribution < 1.29 is 19.0 Å². The Kier molecular flexibility index (Phi) is 5.15. The third kappa shape index (κ3) is 3.79. The van der Waals surface area contributed by atoms with E-state index in [1.54, 1.807) is 24.0 Å². The standard InChI is InChI=1S/C21H30FNO3/c1-14-6-5-7-16(22)18(14)19(25)23-10-8-21(9-11-23)13-15(24)12-17(26-21)20(2,3)4/h5-7,15,17,24H,8-13H2,1-4H3/t15-,17-/m1/s1. The first-order valence-corrected chi connectivity index (χ1v) is 9.52.